The predicted molar refractivity (Wildman–Crippen MR) is 81.8 cm³/mol. The molecule has 23 heavy (non-hydrogen) atoms. The minimum atomic E-state index is -2.03. The summed E-state index contributed by atoms with van der Waals surface area (Å²) in [5.74, 6) is -0.462. The van der Waals surface area contributed by atoms with Gasteiger partial charge in [0, 0.05) is 6.07 Å². The van der Waals surface area contributed by atoms with Crippen LogP contribution in [0.4, 0.5) is 0 Å². The lowest BCUT2D eigenvalue weighted by Gasteiger charge is -2.19. The van der Waals surface area contributed by atoms with Gasteiger partial charge < -0.3 is 25.0 Å². The number of hydrogen-bond acceptors (Lipinski definition) is 5. The Balaban J connectivity index is 2.09. The minimum absolute atomic E-state index is 0.271. The molecule has 1 aliphatic rings. The lowest BCUT2D eigenvalue weighted by atomic mass is 10.1. The van der Waals surface area contributed by atoms with E-state index >= 15 is 0 Å². The summed E-state index contributed by atoms with van der Waals surface area (Å²) in [6.07, 6.45) is 2.24. The fourth-order valence-electron chi connectivity index (χ4n) is 1.85. The van der Waals surface area contributed by atoms with Crippen molar-refractivity contribution in [3.63, 3.8) is 0 Å². The number of aliphatic carboxylic acids is 1. The van der Waals surface area contributed by atoms with Gasteiger partial charge in [-0.3, -0.25) is 4.79 Å². The molecule has 7 heteroatoms. The lowest BCUT2D eigenvalue weighted by Crippen LogP contribution is -2.46. The molecule has 1 fully saturated rings. The van der Waals surface area contributed by atoms with Gasteiger partial charge in [0.1, 0.15) is 11.5 Å². The number of amides is 1. The van der Waals surface area contributed by atoms with E-state index in [4.69, 9.17) is 14.6 Å². The molecule has 0 radical (unpaired) electrons. The number of carboxylic acids is 1. The highest BCUT2D eigenvalue weighted by Crippen LogP contribution is 2.31. The van der Waals surface area contributed by atoms with Gasteiger partial charge >= 0.3 is 5.97 Å². The summed E-state index contributed by atoms with van der Waals surface area (Å²) in [6.45, 7) is 1.24. The van der Waals surface area contributed by atoms with Crippen molar-refractivity contribution in [2.75, 3.05) is 20.3 Å². The predicted octanol–water partition coefficient (Wildman–Crippen LogP) is 1.05. The average Bonchev–Trinajstić information content (AvgIpc) is 3.34. The van der Waals surface area contributed by atoms with Crippen molar-refractivity contribution in [2.45, 2.75) is 25.4 Å². The van der Waals surface area contributed by atoms with Crippen molar-refractivity contribution in [1.82, 2.24) is 5.32 Å². The van der Waals surface area contributed by atoms with E-state index in [-0.39, 0.29) is 5.56 Å². The number of carbonyl (C=O) groups excluding carboxylic acids is 1. The molecule has 1 aromatic carbocycles. The summed E-state index contributed by atoms with van der Waals surface area (Å²) < 4.78 is 10.8. The van der Waals surface area contributed by atoms with E-state index in [1.165, 1.54) is 7.11 Å². The van der Waals surface area contributed by atoms with Crippen molar-refractivity contribution < 1.29 is 29.3 Å². The van der Waals surface area contributed by atoms with Crippen molar-refractivity contribution in [3.05, 3.63) is 23.8 Å². The molecule has 0 aromatic heterocycles. The van der Waals surface area contributed by atoms with E-state index in [0.29, 0.717) is 24.0 Å². The monoisotopic (exact) mass is 323 g/mol. The molecule has 1 unspecified atom stereocenters. The first kappa shape index (κ1) is 17.1. The number of carbonyl (C=O) groups is 2. The molecular formula is C16H21NO6. The first-order valence-corrected chi connectivity index (χ1v) is 7.38. The third-order valence-electron chi connectivity index (χ3n) is 3.66. The molecule has 2 rings (SSSR count). The molecular weight excluding hydrogens is 302 g/mol. The Morgan fingerprint density at radius 1 is 1.39 bits per heavy atom. The van der Waals surface area contributed by atoms with Crippen LogP contribution >= 0.6 is 0 Å². The molecule has 1 atom stereocenters. The molecule has 126 valence electrons. The molecule has 0 saturated heterocycles. The quantitative estimate of drug-likeness (QED) is 0.660. The standard InChI is InChI=1S/C16H21NO6/c1-16(21,15(19)20)9-17-14(18)12-6-5-11(22-2)7-13(12)23-8-10-3-4-10/h5-7,10,21H,3-4,8-9H2,1-2H3,(H,17,18)(H,19,20). The average molecular weight is 323 g/mol. The molecule has 7 nitrogen and oxygen atoms in total. The second-order valence-corrected chi connectivity index (χ2v) is 5.88. The molecule has 0 spiro atoms. The zero-order chi connectivity index (χ0) is 17.0. The maximum atomic E-state index is 12.3. The fraction of sp³-hybridized carbons (Fsp3) is 0.500. The van der Waals surface area contributed by atoms with E-state index in [2.05, 4.69) is 5.32 Å². The number of aliphatic hydroxyl groups is 1. The van der Waals surface area contributed by atoms with Crippen molar-refractivity contribution in [2.24, 2.45) is 5.92 Å². The van der Waals surface area contributed by atoms with Crippen LogP contribution in [0.15, 0.2) is 18.2 Å². The summed E-state index contributed by atoms with van der Waals surface area (Å²) >= 11 is 0. The second-order valence-electron chi connectivity index (χ2n) is 5.88. The fourth-order valence-corrected chi connectivity index (χ4v) is 1.85. The Bertz CT molecular complexity index is 594. The van der Waals surface area contributed by atoms with Gasteiger partial charge in [-0.1, -0.05) is 0 Å². The maximum absolute atomic E-state index is 12.3. The molecule has 1 aliphatic carbocycles. The highest BCUT2D eigenvalue weighted by atomic mass is 16.5. The van der Waals surface area contributed by atoms with Crippen LogP contribution in [-0.2, 0) is 4.79 Å². The Morgan fingerprint density at radius 2 is 2.09 bits per heavy atom. The summed E-state index contributed by atoms with van der Waals surface area (Å²) in [5, 5.41) is 20.9. The van der Waals surface area contributed by atoms with Crippen molar-refractivity contribution >= 4 is 11.9 Å². The van der Waals surface area contributed by atoms with E-state index in [1.54, 1.807) is 18.2 Å². The smallest absolute Gasteiger partial charge is 0.337 e. The third-order valence-corrected chi connectivity index (χ3v) is 3.66. The van der Waals surface area contributed by atoms with Gasteiger partial charge in [-0.2, -0.15) is 0 Å². The van der Waals surface area contributed by atoms with Gasteiger partial charge in [-0.25, -0.2) is 4.79 Å². The number of carboxylic acid groups (broad SMARTS) is 1. The number of methoxy groups -OCH3 is 1. The van der Waals surface area contributed by atoms with Crippen LogP contribution in [-0.4, -0.2) is 48.0 Å². The highest BCUT2D eigenvalue weighted by Gasteiger charge is 2.31. The van der Waals surface area contributed by atoms with Crippen LogP contribution in [0.3, 0.4) is 0 Å². The molecule has 1 amide bonds. The molecule has 0 bridgehead atoms. The number of ether oxygens (including phenoxy) is 2. The van der Waals surface area contributed by atoms with Gasteiger partial charge in [-0.15, -0.1) is 0 Å². The zero-order valence-corrected chi connectivity index (χ0v) is 13.2. The van der Waals surface area contributed by atoms with Crippen molar-refractivity contribution in [3.8, 4) is 11.5 Å². The second kappa shape index (κ2) is 6.87. The number of rotatable bonds is 8. The van der Waals surface area contributed by atoms with Gasteiger partial charge in [0.05, 0.1) is 25.8 Å². The van der Waals surface area contributed by atoms with Crippen molar-refractivity contribution in [1.29, 1.82) is 0 Å². The molecule has 0 heterocycles. The van der Waals surface area contributed by atoms with E-state index in [9.17, 15) is 14.7 Å². The SMILES string of the molecule is COc1ccc(C(=O)NCC(C)(O)C(=O)O)c(OCC2CC2)c1. The topological polar surface area (TPSA) is 105 Å². The Labute approximate surface area is 134 Å². The lowest BCUT2D eigenvalue weighted by molar-refractivity contribution is -0.155. The molecule has 1 aromatic rings. The molecule has 3 N–H and O–H groups in total. The number of nitrogens with one attached hydrogen (secondary N) is 1. The van der Waals surface area contributed by atoms with Crippen LogP contribution in [0.25, 0.3) is 0 Å². The Hall–Kier alpha value is -2.28. The Kier molecular flexibility index (Phi) is 5.10. The highest BCUT2D eigenvalue weighted by molar-refractivity contribution is 5.97. The van der Waals surface area contributed by atoms with Crippen LogP contribution in [0, 0.1) is 5.92 Å². The molecule has 1 saturated carbocycles. The van der Waals surface area contributed by atoms with Gasteiger partial charge in [0.25, 0.3) is 5.91 Å². The van der Waals surface area contributed by atoms with E-state index in [1.807, 2.05) is 0 Å². The van der Waals surface area contributed by atoms with E-state index in [0.717, 1.165) is 19.8 Å². The maximum Gasteiger partial charge on any atom is 0.337 e. The summed E-state index contributed by atoms with van der Waals surface area (Å²) in [4.78, 5) is 23.1. The largest absolute Gasteiger partial charge is 0.497 e. The van der Waals surface area contributed by atoms with Gasteiger partial charge in [0.2, 0.25) is 0 Å². The Morgan fingerprint density at radius 3 is 2.65 bits per heavy atom. The first-order valence-electron chi connectivity index (χ1n) is 7.38. The summed E-state index contributed by atoms with van der Waals surface area (Å²) in [5.41, 5.74) is -1.76. The van der Waals surface area contributed by atoms with Crippen LogP contribution in [0.5, 0.6) is 11.5 Å². The van der Waals surface area contributed by atoms with Gasteiger partial charge in [0.15, 0.2) is 5.60 Å². The van der Waals surface area contributed by atoms with Gasteiger partial charge in [-0.05, 0) is 37.8 Å². The summed E-state index contributed by atoms with van der Waals surface area (Å²) in [6, 6.07) is 4.78. The number of hydrogen-bond donors (Lipinski definition) is 3. The third kappa shape index (κ3) is 4.59. The molecule has 0 aliphatic heterocycles. The summed E-state index contributed by atoms with van der Waals surface area (Å²) in [7, 11) is 1.52. The van der Waals surface area contributed by atoms with Crippen LogP contribution < -0.4 is 14.8 Å². The zero-order valence-electron chi connectivity index (χ0n) is 13.2. The first-order chi connectivity index (χ1) is 10.8. The normalized spacial score (nSPS) is 16.3. The minimum Gasteiger partial charge on any atom is -0.497 e. The van der Waals surface area contributed by atoms with Crippen LogP contribution in [0.2, 0.25) is 0 Å². The van der Waals surface area contributed by atoms with Crippen LogP contribution in [0.1, 0.15) is 30.1 Å². The van der Waals surface area contributed by atoms with E-state index < -0.39 is 24.0 Å². The number of benzene rings is 1.